The van der Waals surface area contributed by atoms with E-state index >= 15 is 0 Å². The topological polar surface area (TPSA) is 117 Å². The molecular formula is C17H14FN5O4S. The number of amides is 3. The maximum atomic E-state index is 13.0. The molecule has 3 amide bonds. The lowest BCUT2D eigenvalue weighted by molar-refractivity contribution is -0.384. The highest BCUT2D eigenvalue weighted by molar-refractivity contribution is 7.80. The number of nitro groups is 1. The van der Waals surface area contributed by atoms with Crippen LogP contribution in [0.15, 0.2) is 48.5 Å². The van der Waals surface area contributed by atoms with Crippen LogP contribution in [0.2, 0.25) is 0 Å². The first-order valence-electron chi connectivity index (χ1n) is 7.95. The van der Waals surface area contributed by atoms with Crippen molar-refractivity contribution in [3.05, 3.63) is 70.0 Å². The van der Waals surface area contributed by atoms with Crippen LogP contribution in [0.4, 0.5) is 20.6 Å². The second kappa shape index (κ2) is 7.19. The van der Waals surface area contributed by atoms with E-state index in [9.17, 15) is 24.1 Å². The molecule has 2 aromatic rings. The maximum Gasteiger partial charge on any atom is 0.344 e. The molecule has 1 heterocycles. The molecule has 1 fully saturated rings. The molecule has 9 nitrogen and oxygen atoms in total. The molecule has 0 aliphatic carbocycles. The van der Waals surface area contributed by atoms with E-state index in [4.69, 9.17) is 12.2 Å². The molecule has 1 aliphatic heterocycles. The fourth-order valence-electron chi connectivity index (χ4n) is 2.65. The molecule has 144 valence electrons. The average Bonchev–Trinajstić information content (AvgIpc) is 2.88. The molecule has 3 rings (SSSR count). The molecule has 0 saturated carbocycles. The van der Waals surface area contributed by atoms with Crippen LogP contribution in [0.1, 0.15) is 12.5 Å². The van der Waals surface area contributed by atoms with E-state index in [1.54, 1.807) is 0 Å². The standard InChI is InChI=1S/C17H14FN5O4S/c1-17(10-2-8-13(9-3-10)23(26)27)14(24)22(16(25)20-17)21-15(28)19-12-6-4-11(18)5-7-12/h2-9H,1H3,(H,20,25)(H2,19,21,28)/t17-/m0/s1. The third-order valence-corrected chi connectivity index (χ3v) is 4.36. The Balaban J connectivity index is 1.74. The van der Waals surface area contributed by atoms with E-state index in [1.807, 2.05) is 0 Å². The van der Waals surface area contributed by atoms with Crippen LogP contribution in [0.5, 0.6) is 0 Å². The number of non-ortho nitro benzene ring substituents is 1. The van der Waals surface area contributed by atoms with Gasteiger partial charge in [-0.05, 0) is 61.1 Å². The smallest absolute Gasteiger partial charge is 0.331 e. The molecule has 11 heteroatoms. The summed E-state index contributed by atoms with van der Waals surface area (Å²) in [4.78, 5) is 35.3. The van der Waals surface area contributed by atoms with Gasteiger partial charge in [-0.15, -0.1) is 0 Å². The second-order valence-electron chi connectivity index (χ2n) is 6.07. The zero-order valence-corrected chi connectivity index (χ0v) is 15.2. The Hall–Kier alpha value is -3.60. The minimum Gasteiger partial charge on any atom is -0.331 e. The summed E-state index contributed by atoms with van der Waals surface area (Å²) in [6.45, 7) is 1.48. The molecule has 3 N–H and O–H groups in total. The van der Waals surface area contributed by atoms with Crippen LogP contribution in [0.25, 0.3) is 0 Å². The van der Waals surface area contributed by atoms with Gasteiger partial charge in [0.2, 0.25) is 0 Å². The van der Waals surface area contributed by atoms with Crippen molar-refractivity contribution in [2.45, 2.75) is 12.5 Å². The summed E-state index contributed by atoms with van der Waals surface area (Å²) < 4.78 is 13.0. The lowest BCUT2D eigenvalue weighted by Crippen LogP contribution is -2.49. The Kier molecular flexibility index (Phi) is 4.92. The molecule has 1 saturated heterocycles. The zero-order chi connectivity index (χ0) is 20.5. The molecule has 0 aromatic heterocycles. The second-order valence-corrected chi connectivity index (χ2v) is 6.48. The first kappa shape index (κ1) is 19.2. The quantitative estimate of drug-likeness (QED) is 0.311. The van der Waals surface area contributed by atoms with Crippen LogP contribution >= 0.6 is 12.2 Å². The van der Waals surface area contributed by atoms with Crippen LogP contribution in [-0.4, -0.2) is 27.0 Å². The van der Waals surface area contributed by atoms with Gasteiger partial charge in [0.1, 0.15) is 11.4 Å². The number of hydrogen-bond donors (Lipinski definition) is 3. The van der Waals surface area contributed by atoms with E-state index in [2.05, 4.69) is 16.1 Å². The number of carbonyl (C=O) groups is 2. The van der Waals surface area contributed by atoms with E-state index in [0.29, 0.717) is 16.3 Å². The Morgan fingerprint density at radius 2 is 1.79 bits per heavy atom. The van der Waals surface area contributed by atoms with Crippen LogP contribution in [-0.2, 0) is 10.3 Å². The number of carbonyl (C=O) groups excluding carboxylic acids is 2. The fourth-order valence-corrected chi connectivity index (χ4v) is 2.86. The van der Waals surface area contributed by atoms with Crippen molar-refractivity contribution in [2.24, 2.45) is 0 Å². The lowest BCUT2D eigenvalue weighted by atomic mass is 9.92. The van der Waals surface area contributed by atoms with E-state index in [1.165, 1.54) is 55.5 Å². The zero-order valence-electron chi connectivity index (χ0n) is 14.4. The van der Waals surface area contributed by atoms with Crippen molar-refractivity contribution >= 4 is 40.6 Å². The van der Waals surface area contributed by atoms with Crippen molar-refractivity contribution in [3.8, 4) is 0 Å². The monoisotopic (exact) mass is 403 g/mol. The highest BCUT2D eigenvalue weighted by atomic mass is 32.1. The van der Waals surface area contributed by atoms with Crippen molar-refractivity contribution in [1.82, 2.24) is 15.8 Å². The van der Waals surface area contributed by atoms with Crippen molar-refractivity contribution in [3.63, 3.8) is 0 Å². The van der Waals surface area contributed by atoms with E-state index in [-0.39, 0.29) is 10.8 Å². The van der Waals surface area contributed by atoms with Gasteiger partial charge in [0.25, 0.3) is 11.6 Å². The third-order valence-electron chi connectivity index (χ3n) is 4.16. The van der Waals surface area contributed by atoms with Gasteiger partial charge in [-0.1, -0.05) is 0 Å². The molecule has 0 unspecified atom stereocenters. The largest absolute Gasteiger partial charge is 0.344 e. The normalized spacial score (nSPS) is 18.6. The SMILES string of the molecule is C[C@@]1(c2ccc([N+](=O)[O-])cc2)NC(=O)N(NC(=S)Nc2ccc(F)cc2)C1=O. The van der Waals surface area contributed by atoms with Gasteiger partial charge in [-0.2, -0.15) is 5.01 Å². The van der Waals surface area contributed by atoms with E-state index < -0.39 is 28.2 Å². The first-order chi connectivity index (χ1) is 13.2. The number of rotatable bonds is 4. The molecule has 2 aromatic carbocycles. The maximum absolute atomic E-state index is 13.0. The van der Waals surface area contributed by atoms with Crippen molar-refractivity contribution in [1.29, 1.82) is 0 Å². The predicted octanol–water partition coefficient (Wildman–Crippen LogP) is 2.40. The number of halogens is 1. The highest BCUT2D eigenvalue weighted by Crippen LogP contribution is 2.29. The lowest BCUT2D eigenvalue weighted by Gasteiger charge is -2.22. The number of thiocarbonyl (C=S) groups is 1. The highest BCUT2D eigenvalue weighted by Gasteiger charge is 2.49. The van der Waals surface area contributed by atoms with Gasteiger partial charge in [-0.3, -0.25) is 20.3 Å². The number of urea groups is 1. The molecule has 0 radical (unpaired) electrons. The van der Waals surface area contributed by atoms with Crippen molar-refractivity contribution in [2.75, 3.05) is 5.32 Å². The Morgan fingerprint density at radius 3 is 2.36 bits per heavy atom. The Morgan fingerprint density at radius 1 is 1.18 bits per heavy atom. The summed E-state index contributed by atoms with van der Waals surface area (Å²) >= 11 is 5.08. The number of benzene rings is 2. The van der Waals surface area contributed by atoms with E-state index in [0.717, 1.165) is 0 Å². The number of nitrogens with one attached hydrogen (secondary N) is 3. The number of nitrogens with zero attached hydrogens (tertiary/aromatic N) is 2. The van der Waals surface area contributed by atoms with Crippen LogP contribution < -0.4 is 16.1 Å². The minimum atomic E-state index is -1.43. The van der Waals surface area contributed by atoms with Gasteiger partial charge >= 0.3 is 6.03 Å². The summed E-state index contributed by atoms with van der Waals surface area (Å²) in [7, 11) is 0. The molecule has 1 atom stereocenters. The van der Waals surface area contributed by atoms with Crippen LogP contribution in [0.3, 0.4) is 0 Å². The molecule has 28 heavy (non-hydrogen) atoms. The summed E-state index contributed by atoms with van der Waals surface area (Å²) in [6, 6.07) is 9.88. The fraction of sp³-hybridized carbons (Fsp3) is 0.118. The Bertz CT molecular complexity index is 967. The predicted molar refractivity (Wildman–Crippen MR) is 102 cm³/mol. The summed E-state index contributed by atoms with van der Waals surface area (Å²) in [5.41, 5.74) is 1.76. The first-order valence-corrected chi connectivity index (χ1v) is 8.36. The Labute approximate surface area is 163 Å². The van der Waals surface area contributed by atoms with Crippen LogP contribution in [0, 0.1) is 15.9 Å². The number of imide groups is 1. The molecule has 1 aliphatic rings. The molecule has 0 bridgehead atoms. The van der Waals surface area contributed by atoms with Gasteiger partial charge in [0.05, 0.1) is 4.92 Å². The third kappa shape index (κ3) is 3.60. The van der Waals surface area contributed by atoms with Gasteiger partial charge in [0, 0.05) is 17.8 Å². The van der Waals surface area contributed by atoms with Gasteiger partial charge < -0.3 is 10.6 Å². The summed E-state index contributed by atoms with van der Waals surface area (Å²) in [6.07, 6.45) is 0. The minimum absolute atomic E-state index is 0.0527. The van der Waals surface area contributed by atoms with Gasteiger partial charge in [-0.25, -0.2) is 9.18 Å². The number of hydrazine groups is 1. The molecular weight excluding hydrogens is 389 g/mol. The summed E-state index contributed by atoms with van der Waals surface area (Å²) in [5.74, 6) is -1.06. The van der Waals surface area contributed by atoms with Gasteiger partial charge in [0.15, 0.2) is 5.11 Å². The number of nitro benzene ring substituents is 1. The number of hydrogen-bond acceptors (Lipinski definition) is 5. The summed E-state index contributed by atoms with van der Waals surface area (Å²) in [5, 5.41) is 16.7. The average molecular weight is 403 g/mol. The van der Waals surface area contributed by atoms with Crippen molar-refractivity contribution < 1.29 is 18.9 Å². The molecule has 0 spiro atoms. The number of anilines is 1.